The topological polar surface area (TPSA) is 95.6 Å². The molecule has 7 nitrogen and oxygen atoms in total. The van der Waals surface area contributed by atoms with Gasteiger partial charge in [0.15, 0.2) is 0 Å². The summed E-state index contributed by atoms with van der Waals surface area (Å²) in [4.78, 5) is 26.8. The third-order valence-electron chi connectivity index (χ3n) is 4.80. The van der Waals surface area contributed by atoms with E-state index in [9.17, 15) is 18.0 Å². The third kappa shape index (κ3) is 5.35. The van der Waals surface area contributed by atoms with Gasteiger partial charge in [0.25, 0.3) is 0 Å². The van der Waals surface area contributed by atoms with Crippen LogP contribution in [-0.4, -0.2) is 33.0 Å². The number of nitrogens with zero attached hydrogens (tertiary/aromatic N) is 1. The molecule has 0 saturated carbocycles. The van der Waals surface area contributed by atoms with Gasteiger partial charge in [-0.1, -0.05) is 26.0 Å². The first-order valence-electron chi connectivity index (χ1n) is 9.41. The molecule has 29 heavy (non-hydrogen) atoms. The molecule has 2 aromatic rings. The lowest BCUT2D eigenvalue weighted by molar-refractivity contribution is -0.122. The molecule has 0 aromatic heterocycles. The fourth-order valence-corrected chi connectivity index (χ4v) is 3.83. The van der Waals surface area contributed by atoms with Gasteiger partial charge >= 0.3 is 0 Å². The average Bonchev–Trinajstić information content (AvgIpc) is 3.04. The molecule has 3 rings (SSSR count). The molecule has 2 amide bonds. The number of carbonyl (C=O) groups excluding carboxylic acids is 2. The van der Waals surface area contributed by atoms with Crippen molar-refractivity contribution in [3.05, 3.63) is 54.1 Å². The van der Waals surface area contributed by atoms with Gasteiger partial charge in [-0.3, -0.25) is 14.3 Å². The maximum absolute atomic E-state index is 12.6. The quantitative estimate of drug-likeness (QED) is 0.757. The van der Waals surface area contributed by atoms with E-state index < -0.39 is 15.9 Å². The van der Waals surface area contributed by atoms with Crippen LogP contribution in [-0.2, 0) is 19.6 Å². The maximum atomic E-state index is 12.6. The zero-order valence-electron chi connectivity index (χ0n) is 16.7. The minimum Gasteiger partial charge on any atom is -0.326 e. The molecular weight excluding hydrogens is 390 g/mol. The van der Waals surface area contributed by atoms with E-state index in [-0.39, 0.29) is 18.2 Å². The lowest BCUT2D eigenvalue weighted by Gasteiger charge is -2.18. The van der Waals surface area contributed by atoms with Gasteiger partial charge in [-0.2, -0.15) is 0 Å². The largest absolute Gasteiger partial charge is 0.326 e. The molecule has 8 heteroatoms. The second-order valence-electron chi connectivity index (χ2n) is 7.60. The second-order valence-corrected chi connectivity index (χ2v) is 9.34. The summed E-state index contributed by atoms with van der Waals surface area (Å²) in [6.07, 6.45) is 1.23. The molecule has 1 aliphatic heterocycles. The molecular formula is C21H25N3O4S. The van der Waals surface area contributed by atoms with Gasteiger partial charge in [0.05, 0.1) is 12.2 Å². The molecule has 0 spiro atoms. The Kier molecular flexibility index (Phi) is 5.93. The molecule has 0 radical (unpaired) electrons. The number of carbonyl (C=O) groups is 2. The molecule has 0 aliphatic carbocycles. The van der Waals surface area contributed by atoms with Crippen molar-refractivity contribution in [3.63, 3.8) is 0 Å². The van der Waals surface area contributed by atoms with E-state index in [4.69, 9.17) is 0 Å². The third-order valence-corrected chi connectivity index (χ3v) is 5.41. The summed E-state index contributed by atoms with van der Waals surface area (Å²) in [5.74, 6) is -0.394. The lowest BCUT2D eigenvalue weighted by atomic mass is 10.0. The van der Waals surface area contributed by atoms with Crippen molar-refractivity contribution in [1.29, 1.82) is 0 Å². The van der Waals surface area contributed by atoms with E-state index in [1.807, 2.05) is 24.3 Å². The summed E-state index contributed by atoms with van der Waals surface area (Å²) < 4.78 is 24.9. The van der Waals surface area contributed by atoms with Crippen LogP contribution in [0.25, 0.3) is 0 Å². The highest BCUT2D eigenvalue weighted by Crippen LogP contribution is 2.28. The summed E-state index contributed by atoms with van der Waals surface area (Å²) in [6, 6.07) is 14.2. The molecule has 0 unspecified atom stereocenters. The van der Waals surface area contributed by atoms with Crippen LogP contribution in [0, 0.1) is 5.92 Å². The number of benzene rings is 2. The van der Waals surface area contributed by atoms with Crippen LogP contribution in [0.5, 0.6) is 0 Å². The number of anilines is 3. The van der Waals surface area contributed by atoms with Crippen molar-refractivity contribution in [2.24, 2.45) is 5.92 Å². The van der Waals surface area contributed by atoms with Crippen LogP contribution in [0.15, 0.2) is 48.5 Å². The predicted octanol–water partition coefficient (Wildman–Crippen LogP) is 3.17. The maximum Gasteiger partial charge on any atom is 0.229 e. The van der Waals surface area contributed by atoms with Crippen LogP contribution in [0.3, 0.4) is 0 Å². The fourth-order valence-electron chi connectivity index (χ4n) is 3.26. The molecule has 2 aromatic carbocycles. The van der Waals surface area contributed by atoms with Gasteiger partial charge < -0.3 is 10.2 Å². The Hall–Kier alpha value is -2.87. The number of amides is 2. The lowest BCUT2D eigenvalue weighted by Crippen LogP contribution is -2.28. The van der Waals surface area contributed by atoms with E-state index >= 15 is 0 Å². The van der Waals surface area contributed by atoms with Gasteiger partial charge in [0, 0.05) is 30.0 Å². The Morgan fingerprint density at radius 3 is 2.38 bits per heavy atom. The number of sulfonamides is 1. The van der Waals surface area contributed by atoms with E-state index in [1.54, 1.807) is 29.2 Å². The number of hydrogen-bond donors (Lipinski definition) is 2. The van der Waals surface area contributed by atoms with Crippen molar-refractivity contribution in [3.8, 4) is 0 Å². The van der Waals surface area contributed by atoms with Gasteiger partial charge in [0.1, 0.15) is 0 Å². The Labute approximate surface area is 171 Å². The smallest absolute Gasteiger partial charge is 0.229 e. The Bertz CT molecular complexity index is 1020. The summed E-state index contributed by atoms with van der Waals surface area (Å²) in [6.45, 7) is 4.52. The SMILES string of the molecule is CC(C)c1cccc(N2C[C@@H](C(=O)Nc3ccc(NS(C)(=O)=O)cc3)CC2=O)c1. The van der Waals surface area contributed by atoms with Crippen LogP contribution >= 0.6 is 0 Å². The van der Waals surface area contributed by atoms with Crippen molar-refractivity contribution >= 4 is 38.9 Å². The second kappa shape index (κ2) is 8.24. The average molecular weight is 416 g/mol. The Morgan fingerprint density at radius 1 is 1.10 bits per heavy atom. The van der Waals surface area contributed by atoms with Gasteiger partial charge in [-0.05, 0) is 47.9 Å². The normalized spacial score (nSPS) is 16.9. The Balaban J connectivity index is 1.65. The standard InChI is InChI=1S/C21H25N3O4S/c1-14(2)15-5-4-6-19(11-15)24-13-16(12-20(24)25)21(26)22-17-7-9-18(10-8-17)23-29(3,27)28/h4-11,14,16,23H,12-13H2,1-3H3,(H,22,26)/t16-/m0/s1. The zero-order valence-corrected chi connectivity index (χ0v) is 17.5. The van der Waals surface area contributed by atoms with E-state index in [0.717, 1.165) is 17.5 Å². The van der Waals surface area contributed by atoms with Crippen LogP contribution < -0.4 is 14.9 Å². The molecule has 1 atom stereocenters. The van der Waals surface area contributed by atoms with Crippen molar-refractivity contribution < 1.29 is 18.0 Å². The first-order valence-corrected chi connectivity index (χ1v) is 11.3. The molecule has 2 N–H and O–H groups in total. The summed E-state index contributed by atoms with van der Waals surface area (Å²) in [5, 5.41) is 2.80. The van der Waals surface area contributed by atoms with Crippen LogP contribution in [0.4, 0.5) is 17.1 Å². The molecule has 1 heterocycles. The monoisotopic (exact) mass is 415 g/mol. The molecule has 1 aliphatic rings. The van der Waals surface area contributed by atoms with Crippen molar-refractivity contribution in [1.82, 2.24) is 0 Å². The summed E-state index contributed by atoms with van der Waals surface area (Å²) in [5.41, 5.74) is 2.92. The first kappa shape index (κ1) is 20.9. The van der Waals surface area contributed by atoms with E-state index in [0.29, 0.717) is 23.8 Å². The fraction of sp³-hybridized carbons (Fsp3) is 0.333. The molecule has 1 fully saturated rings. The predicted molar refractivity (Wildman–Crippen MR) is 115 cm³/mol. The summed E-state index contributed by atoms with van der Waals surface area (Å²) >= 11 is 0. The van der Waals surface area contributed by atoms with Gasteiger partial charge in [-0.25, -0.2) is 8.42 Å². The van der Waals surface area contributed by atoms with E-state index in [1.165, 1.54) is 0 Å². The summed E-state index contributed by atoms with van der Waals surface area (Å²) in [7, 11) is -3.35. The van der Waals surface area contributed by atoms with Crippen molar-refractivity contribution in [2.75, 3.05) is 27.7 Å². The van der Waals surface area contributed by atoms with Crippen LogP contribution in [0.2, 0.25) is 0 Å². The van der Waals surface area contributed by atoms with Crippen molar-refractivity contribution in [2.45, 2.75) is 26.2 Å². The minimum absolute atomic E-state index is 0.0706. The van der Waals surface area contributed by atoms with Crippen LogP contribution in [0.1, 0.15) is 31.7 Å². The number of rotatable bonds is 6. The molecule has 154 valence electrons. The minimum atomic E-state index is -3.35. The Morgan fingerprint density at radius 2 is 1.76 bits per heavy atom. The molecule has 0 bridgehead atoms. The van der Waals surface area contributed by atoms with Gasteiger partial charge in [-0.15, -0.1) is 0 Å². The highest BCUT2D eigenvalue weighted by Gasteiger charge is 2.35. The first-order chi connectivity index (χ1) is 13.6. The van der Waals surface area contributed by atoms with E-state index in [2.05, 4.69) is 23.9 Å². The highest BCUT2D eigenvalue weighted by molar-refractivity contribution is 7.92. The molecule has 1 saturated heterocycles. The number of hydrogen-bond acceptors (Lipinski definition) is 4. The number of nitrogens with one attached hydrogen (secondary N) is 2. The van der Waals surface area contributed by atoms with Gasteiger partial charge in [0.2, 0.25) is 21.8 Å². The zero-order chi connectivity index (χ0) is 21.2. The highest BCUT2D eigenvalue weighted by atomic mass is 32.2.